The molecule has 0 saturated heterocycles. The minimum Gasteiger partial charge on any atom is -0.482 e. The quantitative estimate of drug-likeness (QED) is 0.620. The Balaban J connectivity index is 2.32. The fraction of sp³-hybridized carbons (Fsp3) is 0.467. The van der Waals surface area contributed by atoms with Gasteiger partial charge in [-0.15, -0.1) is 11.6 Å². The number of carbonyl (C=O) groups excluding carboxylic acids is 2. The third-order valence-electron chi connectivity index (χ3n) is 3.28. The number of hydrogen-bond acceptors (Lipinski definition) is 3. The van der Waals surface area contributed by atoms with Crippen LogP contribution in [-0.2, 0) is 4.79 Å². The molecule has 4 nitrogen and oxygen atoms in total. The summed E-state index contributed by atoms with van der Waals surface area (Å²) in [5.41, 5.74) is 1.17. The maximum absolute atomic E-state index is 12.0. The number of Topliss-reactive ketones (excluding diaryl/α,β-unsaturated/α-hetero) is 1. The van der Waals surface area contributed by atoms with E-state index in [0.29, 0.717) is 29.5 Å². The molecule has 1 aromatic carbocycles. The first-order chi connectivity index (χ1) is 9.52. The van der Waals surface area contributed by atoms with Crippen molar-refractivity contribution in [2.75, 3.05) is 23.9 Å². The Morgan fingerprint density at radius 1 is 1.45 bits per heavy atom. The summed E-state index contributed by atoms with van der Waals surface area (Å²) in [5.74, 6) is 0.839. The van der Waals surface area contributed by atoms with Crippen LogP contribution >= 0.6 is 11.6 Å². The molecule has 0 aliphatic carbocycles. The van der Waals surface area contributed by atoms with Gasteiger partial charge in [0.15, 0.2) is 12.4 Å². The van der Waals surface area contributed by atoms with Crippen molar-refractivity contribution < 1.29 is 14.3 Å². The van der Waals surface area contributed by atoms with Gasteiger partial charge in [-0.2, -0.15) is 0 Å². The van der Waals surface area contributed by atoms with Crippen LogP contribution in [0.25, 0.3) is 0 Å². The molecule has 5 heteroatoms. The molecule has 0 fully saturated rings. The van der Waals surface area contributed by atoms with E-state index in [9.17, 15) is 9.59 Å². The Hall–Kier alpha value is -1.55. The van der Waals surface area contributed by atoms with Crippen LogP contribution in [0.1, 0.15) is 30.6 Å². The topological polar surface area (TPSA) is 46.6 Å². The van der Waals surface area contributed by atoms with E-state index in [-0.39, 0.29) is 24.2 Å². The van der Waals surface area contributed by atoms with Crippen molar-refractivity contribution in [1.29, 1.82) is 0 Å². The number of ether oxygens (including phenoxy) is 1. The summed E-state index contributed by atoms with van der Waals surface area (Å²) in [4.78, 5) is 25.4. The smallest absolute Gasteiger partial charge is 0.265 e. The number of rotatable bonds is 5. The Bertz CT molecular complexity index is 528. The molecule has 0 aromatic heterocycles. The first-order valence-electron chi connectivity index (χ1n) is 6.69. The van der Waals surface area contributed by atoms with E-state index in [1.54, 1.807) is 23.1 Å². The number of fused-ring (bicyclic) bond motifs is 1. The highest BCUT2D eigenvalue weighted by molar-refractivity contribution is 6.30. The monoisotopic (exact) mass is 295 g/mol. The predicted octanol–water partition coefficient (Wildman–Crippen LogP) is 2.88. The summed E-state index contributed by atoms with van der Waals surface area (Å²) in [5, 5.41) is 0. The van der Waals surface area contributed by atoms with Crippen LogP contribution in [0.5, 0.6) is 5.75 Å². The molecule has 1 heterocycles. The average molecular weight is 296 g/mol. The number of carbonyl (C=O) groups is 2. The zero-order chi connectivity index (χ0) is 14.7. The molecule has 0 radical (unpaired) electrons. The van der Waals surface area contributed by atoms with Gasteiger partial charge in [0.2, 0.25) is 0 Å². The number of halogens is 1. The van der Waals surface area contributed by atoms with Crippen LogP contribution < -0.4 is 9.64 Å². The van der Waals surface area contributed by atoms with Gasteiger partial charge in [0.05, 0.1) is 11.6 Å². The first-order valence-corrected chi connectivity index (χ1v) is 7.22. The number of benzene rings is 1. The van der Waals surface area contributed by atoms with E-state index in [4.69, 9.17) is 16.3 Å². The van der Waals surface area contributed by atoms with Crippen LogP contribution in [-0.4, -0.2) is 30.7 Å². The molecule has 1 aromatic rings. The van der Waals surface area contributed by atoms with Gasteiger partial charge in [-0.1, -0.05) is 13.8 Å². The molecular formula is C15H18ClNO3. The molecule has 0 spiro atoms. The summed E-state index contributed by atoms with van der Waals surface area (Å²) in [6.45, 7) is 4.90. The van der Waals surface area contributed by atoms with Crippen LogP contribution in [0.2, 0.25) is 0 Å². The Labute approximate surface area is 123 Å². The van der Waals surface area contributed by atoms with Crippen molar-refractivity contribution in [2.24, 2.45) is 5.92 Å². The Kier molecular flexibility index (Phi) is 4.65. The number of hydrogen-bond donors (Lipinski definition) is 0. The molecule has 1 amide bonds. The Morgan fingerprint density at radius 2 is 2.20 bits per heavy atom. The standard InChI is InChI=1S/C15H18ClNO3/c1-10(2)5-6-17-12-7-11(13(18)8-16)3-4-14(12)20-9-15(17)19/h3-4,7,10H,5-6,8-9H2,1-2H3. The van der Waals surface area contributed by atoms with Crippen LogP contribution in [0.4, 0.5) is 5.69 Å². The molecule has 0 unspecified atom stereocenters. The van der Waals surface area contributed by atoms with Gasteiger partial charge in [-0.05, 0) is 30.5 Å². The van der Waals surface area contributed by atoms with E-state index in [2.05, 4.69) is 13.8 Å². The van der Waals surface area contributed by atoms with Gasteiger partial charge in [0, 0.05) is 12.1 Å². The summed E-state index contributed by atoms with van der Waals surface area (Å²) < 4.78 is 5.41. The van der Waals surface area contributed by atoms with Gasteiger partial charge >= 0.3 is 0 Å². The lowest BCUT2D eigenvalue weighted by Crippen LogP contribution is -2.39. The van der Waals surface area contributed by atoms with E-state index >= 15 is 0 Å². The van der Waals surface area contributed by atoms with Gasteiger partial charge < -0.3 is 9.64 Å². The van der Waals surface area contributed by atoms with Crippen molar-refractivity contribution >= 4 is 29.0 Å². The fourth-order valence-corrected chi connectivity index (χ4v) is 2.24. The summed E-state index contributed by atoms with van der Waals surface area (Å²) in [6.07, 6.45) is 0.902. The second-order valence-electron chi connectivity index (χ2n) is 5.26. The van der Waals surface area contributed by atoms with Gasteiger partial charge in [0.25, 0.3) is 5.91 Å². The van der Waals surface area contributed by atoms with Crippen molar-refractivity contribution in [2.45, 2.75) is 20.3 Å². The predicted molar refractivity (Wildman–Crippen MR) is 78.8 cm³/mol. The summed E-state index contributed by atoms with van der Waals surface area (Å²) in [6, 6.07) is 5.10. The highest BCUT2D eigenvalue weighted by atomic mass is 35.5. The molecule has 1 aliphatic heterocycles. The number of amides is 1. The molecular weight excluding hydrogens is 278 g/mol. The molecule has 0 saturated carbocycles. The maximum Gasteiger partial charge on any atom is 0.265 e. The zero-order valence-corrected chi connectivity index (χ0v) is 12.4. The number of nitrogens with zero attached hydrogens (tertiary/aromatic N) is 1. The highest BCUT2D eigenvalue weighted by Crippen LogP contribution is 2.33. The normalized spacial score (nSPS) is 14.2. The lowest BCUT2D eigenvalue weighted by molar-refractivity contribution is -0.121. The van der Waals surface area contributed by atoms with E-state index in [0.717, 1.165) is 6.42 Å². The lowest BCUT2D eigenvalue weighted by Gasteiger charge is -2.30. The average Bonchev–Trinajstić information content (AvgIpc) is 2.44. The number of alkyl halides is 1. The van der Waals surface area contributed by atoms with Gasteiger partial charge in [0.1, 0.15) is 5.75 Å². The highest BCUT2D eigenvalue weighted by Gasteiger charge is 2.26. The second-order valence-corrected chi connectivity index (χ2v) is 5.52. The fourth-order valence-electron chi connectivity index (χ4n) is 2.09. The van der Waals surface area contributed by atoms with Crippen molar-refractivity contribution in [1.82, 2.24) is 0 Å². The molecule has 1 aliphatic rings. The molecule has 20 heavy (non-hydrogen) atoms. The molecule has 0 N–H and O–H groups in total. The second kappa shape index (κ2) is 6.27. The molecule has 0 atom stereocenters. The van der Waals surface area contributed by atoms with E-state index in [1.807, 2.05) is 0 Å². The molecule has 2 rings (SSSR count). The number of ketones is 1. The van der Waals surface area contributed by atoms with E-state index < -0.39 is 0 Å². The number of anilines is 1. The van der Waals surface area contributed by atoms with Gasteiger partial charge in [-0.3, -0.25) is 9.59 Å². The SMILES string of the molecule is CC(C)CCN1C(=O)COc2ccc(C(=O)CCl)cc21. The zero-order valence-electron chi connectivity index (χ0n) is 11.7. The maximum atomic E-state index is 12.0. The largest absolute Gasteiger partial charge is 0.482 e. The van der Waals surface area contributed by atoms with Crippen molar-refractivity contribution in [3.05, 3.63) is 23.8 Å². The first kappa shape index (κ1) is 14.9. The van der Waals surface area contributed by atoms with Crippen LogP contribution in [0.15, 0.2) is 18.2 Å². The minimum absolute atomic E-state index is 0.0495. The third kappa shape index (κ3) is 3.12. The molecule has 108 valence electrons. The van der Waals surface area contributed by atoms with Crippen molar-refractivity contribution in [3.63, 3.8) is 0 Å². The van der Waals surface area contributed by atoms with Crippen LogP contribution in [0.3, 0.4) is 0 Å². The lowest BCUT2D eigenvalue weighted by atomic mass is 10.1. The minimum atomic E-state index is -0.156. The van der Waals surface area contributed by atoms with E-state index in [1.165, 1.54) is 0 Å². The molecule has 0 bridgehead atoms. The summed E-state index contributed by atoms with van der Waals surface area (Å²) >= 11 is 5.58. The van der Waals surface area contributed by atoms with Gasteiger partial charge in [-0.25, -0.2) is 0 Å². The Morgan fingerprint density at radius 3 is 2.85 bits per heavy atom. The van der Waals surface area contributed by atoms with Crippen LogP contribution in [0, 0.1) is 5.92 Å². The third-order valence-corrected chi connectivity index (χ3v) is 3.52. The summed E-state index contributed by atoms with van der Waals surface area (Å²) in [7, 11) is 0. The van der Waals surface area contributed by atoms with Crippen molar-refractivity contribution in [3.8, 4) is 5.75 Å².